The van der Waals surface area contributed by atoms with Gasteiger partial charge in [-0.2, -0.15) is 0 Å². The van der Waals surface area contributed by atoms with Crippen molar-refractivity contribution in [2.45, 2.75) is 18.1 Å². The van der Waals surface area contributed by atoms with Crippen LogP contribution in [0.25, 0.3) is 10.2 Å². The molecule has 0 unspecified atom stereocenters. The summed E-state index contributed by atoms with van der Waals surface area (Å²) in [6.45, 7) is 0. The van der Waals surface area contributed by atoms with E-state index in [1.807, 2.05) is 0 Å². The molecule has 2 aromatic carbocycles. The van der Waals surface area contributed by atoms with Crippen molar-refractivity contribution in [2.75, 3.05) is 10.0 Å². The van der Waals surface area contributed by atoms with Gasteiger partial charge in [-0.05, 0) is 37.1 Å². The lowest BCUT2D eigenvalue weighted by Crippen LogP contribution is -2.18. The molecule has 0 saturated heterocycles. The van der Waals surface area contributed by atoms with Crippen LogP contribution in [0, 0.1) is 5.82 Å². The van der Waals surface area contributed by atoms with Crippen LogP contribution in [-0.2, 0) is 10.0 Å². The lowest BCUT2D eigenvalue weighted by Gasteiger charge is -2.16. The second-order valence-corrected chi connectivity index (χ2v) is 10.1. The second-order valence-electron chi connectivity index (χ2n) is 5.91. The third-order valence-corrected chi connectivity index (χ3v) is 7.41. The minimum Gasteiger partial charge on any atom is -0.350 e. The number of benzene rings is 2. The van der Waals surface area contributed by atoms with Gasteiger partial charge in [0.25, 0.3) is 0 Å². The summed E-state index contributed by atoms with van der Waals surface area (Å²) < 4.78 is 43.6. The first-order valence-electron chi connectivity index (χ1n) is 7.64. The highest BCUT2D eigenvalue weighted by Crippen LogP contribution is 2.39. The van der Waals surface area contributed by atoms with E-state index >= 15 is 4.39 Å². The maximum absolute atomic E-state index is 15.0. The Balaban J connectivity index is 1.82. The first kappa shape index (κ1) is 18.0. The van der Waals surface area contributed by atoms with E-state index in [0.29, 0.717) is 28.3 Å². The van der Waals surface area contributed by atoms with Crippen molar-refractivity contribution in [3.05, 3.63) is 45.1 Å². The van der Waals surface area contributed by atoms with Crippen molar-refractivity contribution in [1.29, 1.82) is 0 Å². The summed E-state index contributed by atoms with van der Waals surface area (Å²) in [6, 6.07) is 6.68. The molecule has 1 fully saturated rings. The molecule has 0 atom stereocenters. The van der Waals surface area contributed by atoms with Gasteiger partial charge in [0.2, 0.25) is 10.0 Å². The maximum atomic E-state index is 15.0. The van der Waals surface area contributed by atoms with Gasteiger partial charge in [0.05, 0.1) is 31.9 Å². The molecule has 3 aromatic rings. The average molecular weight is 477 g/mol. The summed E-state index contributed by atoms with van der Waals surface area (Å²) in [4.78, 5) is 4.03. The van der Waals surface area contributed by atoms with Crippen LogP contribution in [-0.4, -0.2) is 18.7 Å². The standard InChI is InChI=1S/C16H12BrClFN3O2S2/c17-8-1-4-11(10(18)5-8)21-15-12(22-26(23,24)9-2-3-9)6-13-16(14(15)19)20-7-25-13/h1,4-7,9,21-22H,2-3H2. The molecule has 1 saturated carbocycles. The summed E-state index contributed by atoms with van der Waals surface area (Å²) in [7, 11) is -3.55. The van der Waals surface area contributed by atoms with Crippen molar-refractivity contribution in [2.24, 2.45) is 0 Å². The summed E-state index contributed by atoms with van der Waals surface area (Å²) in [6.07, 6.45) is 1.23. The van der Waals surface area contributed by atoms with Crippen molar-refractivity contribution in [3.8, 4) is 0 Å². The topological polar surface area (TPSA) is 71.1 Å². The number of rotatable bonds is 5. The van der Waals surface area contributed by atoms with Gasteiger partial charge in [-0.3, -0.25) is 4.72 Å². The lowest BCUT2D eigenvalue weighted by molar-refractivity contribution is 0.600. The molecule has 1 heterocycles. The van der Waals surface area contributed by atoms with E-state index in [9.17, 15) is 8.42 Å². The summed E-state index contributed by atoms with van der Waals surface area (Å²) >= 11 is 10.8. The molecule has 0 amide bonds. The molecule has 0 aliphatic heterocycles. The van der Waals surface area contributed by atoms with Crippen LogP contribution < -0.4 is 10.0 Å². The number of fused-ring (bicyclic) bond motifs is 1. The Morgan fingerprint density at radius 3 is 2.73 bits per heavy atom. The number of nitrogens with one attached hydrogen (secondary N) is 2. The molecule has 1 aliphatic rings. The largest absolute Gasteiger partial charge is 0.350 e. The number of hydrogen-bond acceptors (Lipinski definition) is 5. The van der Waals surface area contributed by atoms with Crippen LogP contribution in [0.4, 0.5) is 21.5 Å². The van der Waals surface area contributed by atoms with Crippen LogP contribution in [0.1, 0.15) is 12.8 Å². The van der Waals surface area contributed by atoms with Gasteiger partial charge in [0, 0.05) is 4.47 Å². The number of aromatic nitrogens is 1. The third-order valence-electron chi connectivity index (χ3n) is 3.97. The fourth-order valence-electron chi connectivity index (χ4n) is 2.51. The zero-order valence-electron chi connectivity index (χ0n) is 13.1. The molecule has 136 valence electrons. The van der Waals surface area contributed by atoms with E-state index in [-0.39, 0.29) is 16.9 Å². The van der Waals surface area contributed by atoms with Crippen LogP contribution in [0.2, 0.25) is 5.02 Å². The van der Waals surface area contributed by atoms with Crippen LogP contribution in [0.15, 0.2) is 34.2 Å². The molecule has 1 aliphatic carbocycles. The summed E-state index contributed by atoms with van der Waals surface area (Å²) in [5.41, 5.74) is 2.29. The van der Waals surface area contributed by atoms with Gasteiger partial charge in [-0.25, -0.2) is 17.8 Å². The number of halogens is 3. The molecule has 10 heteroatoms. The number of thiazole rings is 1. The van der Waals surface area contributed by atoms with Crippen molar-refractivity contribution < 1.29 is 12.8 Å². The highest BCUT2D eigenvalue weighted by molar-refractivity contribution is 9.10. The quantitative estimate of drug-likeness (QED) is 0.510. The Kier molecular flexibility index (Phi) is 4.58. The maximum Gasteiger partial charge on any atom is 0.235 e. The van der Waals surface area contributed by atoms with Crippen LogP contribution in [0.3, 0.4) is 0 Å². The normalized spacial score (nSPS) is 14.6. The molecule has 4 rings (SSSR count). The Labute approximate surface area is 166 Å². The van der Waals surface area contributed by atoms with Crippen LogP contribution >= 0.6 is 38.9 Å². The Bertz CT molecular complexity index is 1120. The third kappa shape index (κ3) is 3.40. The number of anilines is 3. The molecular weight excluding hydrogens is 465 g/mol. The predicted molar refractivity (Wildman–Crippen MR) is 108 cm³/mol. The van der Waals surface area contributed by atoms with E-state index < -0.39 is 21.1 Å². The average Bonchev–Trinajstić information content (AvgIpc) is 3.33. The Hall–Kier alpha value is -1.42. The number of sulfonamides is 1. The van der Waals surface area contributed by atoms with E-state index in [1.165, 1.54) is 16.8 Å². The van der Waals surface area contributed by atoms with Gasteiger partial charge >= 0.3 is 0 Å². The number of nitrogens with zero attached hydrogens (tertiary/aromatic N) is 1. The van der Waals surface area contributed by atoms with Gasteiger partial charge < -0.3 is 5.32 Å². The first-order valence-corrected chi connectivity index (χ1v) is 11.2. The van der Waals surface area contributed by atoms with Crippen molar-refractivity contribution >= 4 is 76.2 Å². The number of hydrogen-bond donors (Lipinski definition) is 2. The predicted octanol–water partition coefficient (Wildman–Crippen LogP) is 5.50. The molecule has 26 heavy (non-hydrogen) atoms. The molecule has 2 N–H and O–H groups in total. The molecule has 5 nitrogen and oxygen atoms in total. The van der Waals surface area contributed by atoms with E-state index in [0.717, 1.165) is 4.47 Å². The van der Waals surface area contributed by atoms with Crippen molar-refractivity contribution in [1.82, 2.24) is 4.98 Å². The van der Waals surface area contributed by atoms with E-state index in [1.54, 1.807) is 24.3 Å². The first-order chi connectivity index (χ1) is 12.3. The zero-order valence-corrected chi connectivity index (χ0v) is 17.1. The fraction of sp³-hybridized carbons (Fsp3) is 0.188. The van der Waals surface area contributed by atoms with Gasteiger partial charge in [-0.1, -0.05) is 27.5 Å². The van der Waals surface area contributed by atoms with Gasteiger partial charge in [-0.15, -0.1) is 11.3 Å². The smallest absolute Gasteiger partial charge is 0.235 e. The highest BCUT2D eigenvalue weighted by atomic mass is 79.9. The Morgan fingerprint density at radius 1 is 1.27 bits per heavy atom. The summed E-state index contributed by atoms with van der Waals surface area (Å²) in [5, 5.41) is 2.85. The molecule has 0 radical (unpaired) electrons. The monoisotopic (exact) mass is 475 g/mol. The Morgan fingerprint density at radius 2 is 2.04 bits per heavy atom. The minimum atomic E-state index is -3.55. The van der Waals surface area contributed by atoms with Gasteiger partial charge in [0.15, 0.2) is 5.82 Å². The fourth-order valence-corrected chi connectivity index (χ4v) is 5.33. The second kappa shape index (κ2) is 6.63. The lowest BCUT2D eigenvalue weighted by atomic mass is 10.2. The van der Waals surface area contributed by atoms with Crippen molar-refractivity contribution in [3.63, 3.8) is 0 Å². The highest BCUT2D eigenvalue weighted by Gasteiger charge is 2.36. The zero-order chi connectivity index (χ0) is 18.5. The molecule has 1 aromatic heterocycles. The minimum absolute atomic E-state index is 0.00292. The van der Waals surface area contributed by atoms with E-state index in [2.05, 4.69) is 31.0 Å². The SMILES string of the molecule is O=S(=O)(Nc1cc2scnc2c(F)c1Nc1ccc(Br)cc1Cl)C1CC1. The molecule has 0 spiro atoms. The van der Waals surface area contributed by atoms with E-state index in [4.69, 9.17) is 11.6 Å². The van der Waals surface area contributed by atoms with Gasteiger partial charge in [0.1, 0.15) is 11.2 Å². The molecule has 0 bridgehead atoms. The van der Waals surface area contributed by atoms with Crippen LogP contribution in [0.5, 0.6) is 0 Å². The summed E-state index contributed by atoms with van der Waals surface area (Å²) in [5.74, 6) is -0.628. The molecular formula is C16H12BrClFN3O2S2.